The molecule has 2 aromatic rings. The second-order valence-electron chi connectivity index (χ2n) is 7.39. The van der Waals surface area contributed by atoms with E-state index in [0.29, 0.717) is 19.8 Å². The molecular weight excluding hydrogens is 362 g/mol. The fourth-order valence-electron chi connectivity index (χ4n) is 3.70. The van der Waals surface area contributed by atoms with Gasteiger partial charge in [0.2, 0.25) is 0 Å². The van der Waals surface area contributed by atoms with Gasteiger partial charge in [-0.15, -0.1) is 0 Å². The van der Waals surface area contributed by atoms with Crippen molar-refractivity contribution in [2.45, 2.75) is 19.8 Å². The fraction of sp³-hybridized carbons (Fsp3) is 0.400. The maximum Gasteiger partial charge on any atom is 0.310 e. The van der Waals surface area contributed by atoms with E-state index in [1.807, 2.05) is 31.2 Å². The van der Waals surface area contributed by atoms with Crippen LogP contribution in [0.15, 0.2) is 60.7 Å². The van der Waals surface area contributed by atoms with Crippen LogP contribution >= 0.6 is 0 Å². The Bertz CT molecular complexity index is 773. The number of rotatable bonds is 9. The first-order chi connectivity index (χ1) is 14.3. The number of benzene rings is 2. The number of esters is 1. The number of carbonyl (C=O) groups excluding carboxylic acids is 1. The molecule has 0 spiro atoms. The molecule has 0 aromatic heterocycles. The first-order valence-corrected chi connectivity index (χ1v) is 10.5. The van der Waals surface area contributed by atoms with Gasteiger partial charge in [-0.05, 0) is 49.1 Å². The lowest BCUT2D eigenvalue weighted by Crippen LogP contribution is -2.40. The molecule has 154 valence electrons. The maximum atomic E-state index is 12.0. The van der Waals surface area contributed by atoms with Gasteiger partial charge in [0.05, 0.1) is 25.7 Å². The normalized spacial score (nSPS) is 17.8. The number of hydrogen-bond acceptors (Lipinski definition) is 4. The smallest absolute Gasteiger partial charge is 0.310 e. The Labute approximate surface area is 174 Å². The topological polar surface area (TPSA) is 38.8 Å². The largest absolute Gasteiger partial charge is 0.466 e. The Hall–Kier alpha value is -2.43. The number of piperidine rings is 1. The van der Waals surface area contributed by atoms with Crippen molar-refractivity contribution in [3.63, 3.8) is 0 Å². The predicted octanol–water partition coefficient (Wildman–Crippen LogP) is 4.52. The molecule has 1 aliphatic heterocycles. The number of likely N-dealkylation sites (tertiary alicyclic amines) is 1. The quantitative estimate of drug-likeness (QED) is 0.357. The summed E-state index contributed by atoms with van der Waals surface area (Å²) >= 11 is 0. The highest BCUT2D eigenvalue weighted by atomic mass is 16.5. The van der Waals surface area contributed by atoms with Crippen molar-refractivity contribution in [1.29, 1.82) is 0 Å². The van der Waals surface area contributed by atoms with Gasteiger partial charge in [-0.1, -0.05) is 60.7 Å². The van der Waals surface area contributed by atoms with Gasteiger partial charge in [-0.3, -0.25) is 4.79 Å². The van der Waals surface area contributed by atoms with Crippen LogP contribution in [-0.2, 0) is 14.3 Å². The summed E-state index contributed by atoms with van der Waals surface area (Å²) in [6.07, 6.45) is 4.15. The summed E-state index contributed by atoms with van der Waals surface area (Å²) in [6, 6.07) is 20.7. The van der Waals surface area contributed by atoms with E-state index in [0.717, 1.165) is 32.5 Å². The summed E-state index contributed by atoms with van der Waals surface area (Å²) in [5, 5.41) is 0. The molecule has 0 bridgehead atoms. The maximum absolute atomic E-state index is 12.0. The van der Waals surface area contributed by atoms with E-state index >= 15 is 0 Å². The Morgan fingerprint density at radius 1 is 1.10 bits per heavy atom. The molecule has 0 aliphatic carbocycles. The molecule has 0 radical (unpaired) electrons. The van der Waals surface area contributed by atoms with Gasteiger partial charge < -0.3 is 14.4 Å². The minimum Gasteiger partial charge on any atom is -0.466 e. The SMILES string of the molecule is CCOC(=O)C1CCCN(CCOCC(=Cc2ccccc2)c2ccccc2)C1. The predicted molar refractivity (Wildman–Crippen MR) is 117 cm³/mol. The van der Waals surface area contributed by atoms with Crippen LogP contribution in [0, 0.1) is 5.92 Å². The van der Waals surface area contributed by atoms with Gasteiger partial charge in [0.15, 0.2) is 0 Å². The van der Waals surface area contributed by atoms with Crippen LogP contribution in [0.25, 0.3) is 11.6 Å². The lowest BCUT2D eigenvalue weighted by molar-refractivity contribution is -0.150. The summed E-state index contributed by atoms with van der Waals surface area (Å²) in [6.45, 7) is 6.15. The second kappa shape index (κ2) is 11.5. The van der Waals surface area contributed by atoms with E-state index in [9.17, 15) is 4.79 Å². The molecule has 1 saturated heterocycles. The summed E-state index contributed by atoms with van der Waals surface area (Å²) in [5.41, 5.74) is 3.51. The second-order valence-corrected chi connectivity index (χ2v) is 7.39. The van der Waals surface area contributed by atoms with Crippen molar-refractivity contribution in [2.75, 3.05) is 39.5 Å². The molecule has 0 saturated carbocycles. The molecule has 4 nitrogen and oxygen atoms in total. The van der Waals surface area contributed by atoms with Crippen LogP contribution < -0.4 is 0 Å². The Morgan fingerprint density at radius 2 is 1.83 bits per heavy atom. The van der Waals surface area contributed by atoms with Crippen molar-refractivity contribution in [2.24, 2.45) is 5.92 Å². The van der Waals surface area contributed by atoms with E-state index in [1.54, 1.807) is 0 Å². The van der Waals surface area contributed by atoms with Crippen molar-refractivity contribution < 1.29 is 14.3 Å². The van der Waals surface area contributed by atoms with Crippen LogP contribution in [0.5, 0.6) is 0 Å². The van der Waals surface area contributed by atoms with Gasteiger partial charge in [0.25, 0.3) is 0 Å². The minimum atomic E-state index is -0.0599. The molecule has 1 aliphatic rings. The summed E-state index contributed by atoms with van der Waals surface area (Å²) in [4.78, 5) is 14.3. The number of ether oxygens (including phenoxy) is 2. The molecule has 1 heterocycles. The van der Waals surface area contributed by atoms with Gasteiger partial charge in [-0.2, -0.15) is 0 Å². The van der Waals surface area contributed by atoms with E-state index in [-0.39, 0.29) is 11.9 Å². The number of nitrogens with zero attached hydrogens (tertiary/aromatic N) is 1. The van der Waals surface area contributed by atoms with Gasteiger partial charge in [-0.25, -0.2) is 0 Å². The van der Waals surface area contributed by atoms with Crippen LogP contribution in [-0.4, -0.2) is 50.3 Å². The molecule has 1 atom stereocenters. The summed E-state index contributed by atoms with van der Waals surface area (Å²) in [7, 11) is 0. The van der Waals surface area contributed by atoms with Gasteiger partial charge >= 0.3 is 5.97 Å². The molecule has 29 heavy (non-hydrogen) atoms. The van der Waals surface area contributed by atoms with Gasteiger partial charge in [0.1, 0.15) is 0 Å². The van der Waals surface area contributed by atoms with Crippen molar-refractivity contribution in [3.05, 3.63) is 71.8 Å². The standard InChI is InChI=1S/C25H31NO3/c1-2-29-25(27)23-14-9-15-26(19-23)16-17-28-20-24(22-12-7-4-8-13-22)18-21-10-5-3-6-11-21/h3-8,10-13,18,23H,2,9,14-17,19-20H2,1H3. The molecular formula is C25H31NO3. The monoisotopic (exact) mass is 393 g/mol. The third-order valence-corrected chi connectivity index (χ3v) is 5.22. The third-order valence-electron chi connectivity index (χ3n) is 5.22. The highest BCUT2D eigenvalue weighted by Gasteiger charge is 2.26. The van der Waals surface area contributed by atoms with E-state index < -0.39 is 0 Å². The van der Waals surface area contributed by atoms with Crippen molar-refractivity contribution >= 4 is 17.6 Å². The highest BCUT2D eigenvalue weighted by molar-refractivity contribution is 5.82. The summed E-state index contributed by atoms with van der Waals surface area (Å²) in [5.74, 6) is -0.0585. The number of carbonyl (C=O) groups is 1. The Balaban J connectivity index is 1.53. The van der Waals surface area contributed by atoms with Crippen LogP contribution in [0.2, 0.25) is 0 Å². The number of hydrogen-bond donors (Lipinski definition) is 0. The summed E-state index contributed by atoms with van der Waals surface area (Å²) < 4.78 is 11.2. The zero-order valence-electron chi connectivity index (χ0n) is 17.3. The fourth-order valence-corrected chi connectivity index (χ4v) is 3.70. The minimum absolute atomic E-state index is 0.00144. The third kappa shape index (κ3) is 6.84. The molecule has 4 heteroatoms. The van der Waals surface area contributed by atoms with E-state index in [1.165, 1.54) is 16.7 Å². The van der Waals surface area contributed by atoms with Gasteiger partial charge in [0, 0.05) is 13.1 Å². The average molecular weight is 394 g/mol. The van der Waals surface area contributed by atoms with E-state index in [4.69, 9.17) is 9.47 Å². The Kier molecular flexibility index (Phi) is 8.47. The van der Waals surface area contributed by atoms with Crippen LogP contribution in [0.1, 0.15) is 30.9 Å². The first-order valence-electron chi connectivity index (χ1n) is 10.5. The molecule has 0 N–H and O–H groups in total. The highest BCUT2D eigenvalue weighted by Crippen LogP contribution is 2.20. The van der Waals surface area contributed by atoms with Crippen LogP contribution in [0.4, 0.5) is 0 Å². The molecule has 2 aromatic carbocycles. The molecule has 3 rings (SSSR count). The van der Waals surface area contributed by atoms with Crippen molar-refractivity contribution in [1.82, 2.24) is 4.90 Å². The zero-order chi connectivity index (χ0) is 20.3. The van der Waals surface area contributed by atoms with Crippen molar-refractivity contribution in [3.8, 4) is 0 Å². The Morgan fingerprint density at radius 3 is 2.55 bits per heavy atom. The molecule has 0 amide bonds. The molecule has 1 unspecified atom stereocenters. The lowest BCUT2D eigenvalue weighted by atomic mass is 9.98. The molecule has 1 fully saturated rings. The zero-order valence-corrected chi connectivity index (χ0v) is 17.3. The first kappa shape index (κ1) is 21.3. The van der Waals surface area contributed by atoms with E-state index in [2.05, 4.69) is 47.4 Å². The lowest BCUT2D eigenvalue weighted by Gasteiger charge is -2.31. The average Bonchev–Trinajstić information content (AvgIpc) is 2.77. The van der Waals surface area contributed by atoms with Crippen LogP contribution in [0.3, 0.4) is 0 Å².